The maximum Gasteiger partial charge on any atom is 1.00 e. The zero-order valence-electron chi connectivity index (χ0n) is 32.7. The second-order valence-corrected chi connectivity index (χ2v) is 12.3. The van der Waals surface area contributed by atoms with Crippen molar-refractivity contribution in [3.63, 3.8) is 0 Å². The van der Waals surface area contributed by atoms with Crippen LogP contribution in [0.2, 0.25) is 0 Å². The predicted octanol–water partition coefficient (Wildman–Crippen LogP) is 7.43. The van der Waals surface area contributed by atoms with Crippen molar-refractivity contribution in [1.82, 2.24) is 0 Å². The molecule has 3 aromatic rings. The van der Waals surface area contributed by atoms with Gasteiger partial charge in [-0.15, -0.1) is 12.1 Å². The number of hydrogen-bond donors (Lipinski definition) is 1. The minimum absolute atomic E-state index is 0. The fourth-order valence-electron chi connectivity index (χ4n) is 4.23. The number of benzene rings is 3. The van der Waals surface area contributed by atoms with E-state index < -0.39 is 0 Å². The summed E-state index contributed by atoms with van der Waals surface area (Å²) in [5.41, 5.74) is 3.89. The summed E-state index contributed by atoms with van der Waals surface area (Å²) in [4.78, 5) is 0. The zero-order valence-corrected chi connectivity index (χ0v) is 32.7. The fourth-order valence-corrected chi connectivity index (χ4v) is 4.23. The molecule has 0 aromatic heterocycles. The Labute approximate surface area is 329 Å². The van der Waals surface area contributed by atoms with Crippen molar-refractivity contribution in [2.45, 2.75) is 132 Å². The first kappa shape index (κ1) is 54.2. The molecular formula is C45H72Li2O2. The molecule has 0 saturated carbocycles. The van der Waals surface area contributed by atoms with E-state index in [1.54, 1.807) is 0 Å². The number of unbranched alkanes of at least 4 members (excludes halogenated alkanes) is 1. The monoisotopic (exact) mass is 659 g/mol. The van der Waals surface area contributed by atoms with Gasteiger partial charge in [-0.1, -0.05) is 160 Å². The molecule has 5 unspecified atom stereocenters. The molecule has 1 aliphatic heterocycles. The van der Waals surface area contributed by atoms with E-state index >= 15 is 0 Å². The van der Waals surface area contributed by atoms with E-state index in [0.29, 0.717) is 12.0 Å². The Balaban J connectivity index is -0.000000277. The summed E-state index contributed by atoms with van der Waals surface area (Å²) in [6, 6.07) is 31.2. The third kappa shape index (κ3) is 32.1. The van der Waals surface area contributed by atoms with Crippen molar-refractivity contribution in [3.8, 4) is 0 Å². The summed E-state index contributed by atoms with van der Waals surface area (Å²) >= 11 is 0. The maximum absolute atomic E-state index is 9.88. The van der Waals surface area contributed by atoms with Gasteiger partial charge in [-0.25, -0.2) is 0 Å². The number of epoxide rings is 1. The van der Waals surface area contributed by atoms with Crippen molar-refractivity contribution >= 4 is 6.08 Å². The van der Waals surface area contributed by atoms with Gasteiger partial charge < -0.3 is 16.3 Å². The maximum atomic E-state index is 9.88. The van der Waals surface area contributed by atoms with E-state index in [4.69, 9.17) is 4.74 Å². The summed E-state index contributed by atoms with van der Waals surface area (Å²) in [6.45, 7) is 22.1. The van der Waals surface area contributed by atoms with Gasteiger partial charge in [-0.2, -0.15) is 37.5 Å². The Morgan fingerprint density at radius 2 is 1.24 bits per heavy atom. The molecule has 5 atom stereocenters. The molecule has 0 amide bonds. The second-order valence-electron chi connectivity index (χ2n) is 12.3. The Kier molecular flexibility index (Phi) is 41.6. The molecule has 1 heterocycles. The molecule has 266 valence electrons. The molecule has 1 fully saturated rings. The zero-order chi connectivity index (χ0) is 34.4. The first-order valence-electron chi connectivity index (χ1n) is 18.0. The van der Waals surface area contributed by atoms with Crippen LogP contribution in [0.3, 0.4) is 0 Å². The van der Waals surface area contributed by atoms with Gasteiger partial charge in [0.1, 0.15) is 0 Å². The first-order valence-corrected chi connectivity index (χ1v) is 18.0. The summed E-state index contributed by atoms with van der Waals surface area (Å²) in [7, 11) is 0. The minimum atomic E-state index is -0.163. The van der Waals surface area contributed by atoms with E-state index in [1.807, 2.05) is 36.4 Å². The molecule has 1 aliphatic rings. The molecule has 4 heteroatoms. The SMILES string of the molecule is C.C=Cc1ccccc1.CCC(C)CC(CC(O)CC)c1ccccc1.CCC(C)C[CH-]c1ccccc1.CCC1CO1.C[CH-]CC.[Li+].[Li+]. The normalized spacial score (nSPS) is 14.3. The molecule has 2 nitrogen and oxygen atoms in total. The predicted molar refractivity (Wildman–Crippen MR) is 212 cm³/mol. The van der Waals surface area contributed by atoms with Crippen LogP contribution in [0.15, 0.2) is 97.6 Å². The molecule has 4 rings (SSSR count). The molecule has 3 aromatic carbocycles. The van der Waals surface area contributed by atoms with Crippen LogP contribution >= 0.6 is 0 Å². The van der Waals surface area contributed by atoms with E-state index in [1.165, 1.54) is 55.2 Å². The molecule has 49 heavy (non-hydrogen) atoms. The van der Waals surface area contributed by atoms with E-state index in [2.05, 4.69) is 135 Å². The summed E-state index contributed by atoms with van der Waals surface area (Å²) in [5, 5.41) is 9.88. The standard InChI is InChI=1S/C16H26O.C12H17.C8H8.C4H8O.C4H9.CH4.2Li/c1-4-13(3)11-15(12-16(17)5-2)14-9-7-6-8-10-14;1-3-11(2)9-10-12-7-5-4-6-8-12;1-2-8-6-4-3-5-7-8;1-2-4-3-5-4;1-3-4-2;;;/h6-10,13,15-17H,4-5,11-12H2,1-3H3;4-8,10-11H,3,9H2,1-2H3;2-7H,1H2;4H,2-3H2,1H3;3H,4H2,1-2H3;1H4;;/q;-1;;;-1;;2*+1. The second kappa shape index (κ2) is 37.6. The first-order chi connectivity index (χ1) is 22.3. The van der Waals surface area contributed by atoms with Gasteiger partial charge in [-0.05, 0) is 48.6 Å². The van der Waals surface area contributed by atoms with Crippen LogP contribution in [-0.4, -0.2) is 23.9 Å². The molecule has 0 bridgehead atoms. The quantitative estimate of drug-likeness (QED) is 0.111. The minimum Gasteiger partial charge on any atom is -0.393 e. The molecule has 0 aliphatic carbocycles. The third-order valence-corrected chi connectivity index (χ3v) is 8.24. The van der Waals surface area contributed by atoms with Crippen LogP contribution in [0.4, 0.5) is 0 Å². The number of hydrogen-bond acceptors (Lipinski definition) is 2. The number of aliphatic hydroxyl groups excluding tert-OH is 1. The van der Waals surface area contributed by atoms with E-state index in [9.17, 15) is 5.11 Å². The molecule has 1 saturated heterocycles. The summed E-state index contributed by atoms with van der Waals surface area (Å²) in [5.74, 6) is 2.04. The Bertz CT molecular complexity index is 1030. The van der Waals surface area contributed by atoms with Crippen LogP contribution in [-0.2, 0) is 4.74 Å². The van der Waals surface area contributed by atoms with Crippen molar-refractivity contribution in [2.24, 2.45) is 11.8 Å². The van der Waals surface area contributed by atoms with Crippen molar-refractivity contribution < 1.29 is 47.6 Å². The molecular weight excluding hydrogens is 586 g/mol. The van der Waals surface area contributed by atoms with Crippen LogP contribution in [0.5, 0.6) is 0 Å². The van der Waals surface area contributed by atoms with E-state index in [-0.39, 0.29) is 51.3 Å². The number of rotatable bonds is 14. The van der Waals surface area contributed by atoms with Crippen LogP contribution in [0.25, 0.3) is 6.08 Å². The molecule has 0 radical (unpaired) electrons. The van der Waals surface area contributed by atoms with Gasteiger partial charge in [-0.3, -0.25) is 0 Å². The van der Waals surface area contributed by atoms with Crippen molar-refractivity contribution in [2.75, 3.05) is 6.61 Å². The fraction of sp³-hybridized carbons (Fsp3) is 0.511. The van der Waals surface area contributed by atoms with Gasteiger partial charge in [0.05, 0.1) is 18.8 Å². The smallest absolute Gasteiger partial charge is 0.393 e. The average Bonchev–Trinajstić information content (AvgIpc) is 3.97. The number of aliphatic hydroxyl groups is 1. The van der Waals surface area contributed by atoms with Gasteiger partial charge >= 0.3 is 37.7 Å². The van der Waals surface area contributed by atoms with Crippen LogP contribution in [0, 0.1) is 24.7 Å². The van der Waals surface area contributed by atoms with Crippen LogP contribution < -0.4 is 37.7 Å². The Morgan fingerprint density at radius 3 is 1.59 bits per heavy atom. The van der Waals surface area contributed by atoms with E-state index in [0.717, 1.165) is 31.3 Å². The largest absolute Gasteiger partial charge is 1.00 e. The molecule has 0 spiro atoms. The van der Waals surface area contributed by atoms with Gasteiger partial charge in [0, 0.05) is 0 Å². The molecule has 1 N–H and O–H groups in total. The van der Waals surface area contributed by atoms with Gasteiger partial charge in [0.2, 0.25) is 0 Å². The average molecular weight is 659 g/mol. The Morgan fingerprint density at radius 1 is 0.776 bits per heavy atom. The van der Waals surface area contributed by atoms with Crippen molar-refractivity contribution in [3.05, 3.63) is 127 Å². The van der Waals surface area contributed by atoms with Gasteiger partial charge in [0.15, 0.2) is 0 Å². The van der Waals surface area contributed by atoms with Gasteiger partial charge in [0.25, 0.3) is 0 Å². The third-order valence-electron chi connectivity index (χ3n) is 8.24. The number of ether oxygens (including phenoxy) is 1. The Hall–Kier alpha value is -1.62. The van der Waals surface area contributed by atoms with Crippen LogP contribution in [0.1, 0.15) is 137 Å². The van der Waals surface area contributed by atoms with Crippen molar-refractivity contribution in [1.29, 1.82) is 0 Å². The topological polar surface area (TPSA) is 32.8 Å². The summed E-state index contributed by atoms with van der Waals surface area (Å²) < 4.78 is 4.86. The summed E-state index contributed by atoms with van der Waals surface area (Å²) in [6.07, 6.45) is 15.7.